The summed E-state index contributed by atoms with van der Waals surface area (Å²) in [6, 6.07) is 12.9. The quantitative estimate of drug-likeness (QED) is 0.536. The monoisotopic (exact) mass is 470 g/mol. The average Bonchev–Trinajstić information content (AvgIpc) is 3.21. The van der Waals surface area contributed by atoms with Crippen LogP contribution in [0.1, 0.15) is 54.9 Å². The molecule has 1 aliphatic carbocycles. The SMILES string of the molecule is COc1cccc2c1CCCC2CN(C)CCc1ccc2c(c1)N(S(=O)(=O)CC(C)C)CC2. The lowest BCUT2D eigenvalue weighted by molar-refractivity contribution is 0.299. The van der Waals surface area contributed by atoms with Crippen LogP contribution in [0.15, 0.2) is 36.4 Å². The molecule has 6 heteroatoms. The standard InChI is InChI=1S/C27H38N2O3S/c1-20(2)19-33(30,31)29-16-14-22-12-11-21(17-26(22)29)13-15-28(3)18-23-7-5-9-25-24(23)8-6-10-27(25)32-4/h6,8,10-12,17,20,23H,5,7,9,13-16,18-19H2,1-4H3. The van der Waals surface area contributed by atoms with Gasteiger partial charge in [0.2, 0.25) is 10.0 Å². The molecule has 0 bridgehead atoms. The van der Waals surface area contributed by atoms with Crippen LogP contribution in [-0.2, 0) is 29.3 Å². The van der Waals surface area contributed by atoms with Gasteiger partial charge in [0.25, 0.3) is 0 Å². The van der Waals surface area contributed by atoms with Gasteiger partial charge in [-0.25, -0.2) is 8.42 Å². The predicted octanol–water partition coefficient (Wildman–Crippen LogP) is 4.64. The largest absolute Gasteiger partial charge is 0.496 e. The summed E-state index contributed by atoms with van der Waals surface area (Å²) in [5.41, 5.74) is 6.07. The van der Waals surface area contributed by atoms with Crippen molar-refractivity contribution in [2.24, 2.45) is 5.92 Å². The van der Waals surface area contributed by atoms with E-state index >= 15 is 0 Å². The Morgan fingerprint density at radius 1 is 1.18 bits per heavy atom. The summed E-state index contributed by atoms with van der Waals surface area (Å²) in [4.78, 5) is 2.42. The molecule has 180 valence electrons. The lowest BCUT2D eigenvalue weighted by atomic mass is 9.82. The van der Waals surface area contributed by atoms with Gasteiger partial charge in [-0.2, -0.15) is 0 Å². The van der Waals surface area contributed by atoms with E-state index in [1.54, 1.807) is 11.4 Å². The van der Waals surface area contributed by atoms with Gasteiger partial charge in [0.1, 0.15) is 5.75 Å². The lowest BCUT2D eigenvalue weighted by Gasteiger charge is -2.30. The number of hydrogen-bond donors (Lipinski definition) is 0. The van der Waals surface area contributed by atoms with Crippen molar-refractivity contribution in [1.29, 1.82) is 0 Å². The number of nitrogens with zero attached hydrogens (tertiary/aromatic N) is 2. The second-order valence-electron chi connectivity index (χ2n) is 10.1. The molecule has 1 aliphatic heterocycles. The number of benzene rings is 2. The third kappa shape index (κ3) is 5.38. The zero-order valence-electron chi connectivity index (χ0n) is 20.5. The molecule has 0 N–H and O–H groups in total. The number of fused-ring (bicyclic) bond motifs is 2. The maximum Gasteiger partial charge on any atom is 0.235 e. The molecular formula is C27H38N2O3S. The van der Waals surface area contributed by atoms with Crippen LogP contribution in [0.5, 0.6) is 5.75 Å². The number of likely N-dealkylation sites (N-methyl/N-ethyl adjacent to an activating group) is 1. The molecule has 2 aromatic carbocycles. The van der Waals surface area contributed by atoms with Crippen molar-refractivity contribution in [2.75, 3.05) is 43.8 Å². The van der Waals surface area contributed by atoms with Crippen molar-refractivity contribution in [2.45, 2.75) is 51.9 Å². The first-order valence-electron chi connectivity index (χ1n) is 12.2. The summed E-state index contributed by atoms with van der Waals surface area (Å²) >= 11 is 0. The Morgan fingerprint density at radius 2 is 2.00 bits per heavy atom. The average molecular weight is 471 g/mol. The van der Waals surface area contributed by atoms with E-state index in [0.29, 0.717) is 12.5 Å². The van der Waals surface area contributed by atoms with Crippen LogP contribution in [0.3, 0.4) is 0 Å². The van der Waals surface area contributed by atoms with Crippen LogP contribution < -0.4 is 9.04 Å². The summed E-state index contributed by atoms with van der Waals surface area (Å²) in [5, 5.41) is 0. The Bertz CT molecular complexity index is 1080. The first-order chi connectivity index (χ1) is 15.8. The number of ether oxygens (including phenoxy) is 1. The van der Waals surface area contributed by atoms with E-state index in [9.17, 15) is 8.42 Å². The number of sulfonamides is 1. The van der Waals surface area contributed by atoms with E-state index in [0.717, 1.165) is 49.4 Å². The van der Waals surface area contributed by atoms with Gasteiger partial charge in [-0.1, -0.05) is 38.1 Å². The van der Waals surface area contributed by atoms with Crippen LogP contribution in [-0.4, -0.2) is 52.9 Å². The number of hydrogen-bond acceptors (Lipinski definition) is 4. The van der Waals surface area contributed by atoms with Gasteiger partial charge in [0, 0.05) is 19.6 Å². The van der Waals surface area contributed by atoms with Crippen LogP contribution in [0.2, 0.25) is 0 Å². The minimum atomic E-state index is -3.26. The topological polar surface area (TPSA) is 49.9 Å². The highest BCUT2D eigenvalue weighted by atomic mass is 32.2. The van der Waals surface area contributed by atoms with Gasteiger partial charge in [-0.05, 0) is 85.4 Å². The Labute approximate surface area is 199 Å². The molecule has 0 spiro atoms. The fourth-order valence-corrected chi connectivity index (χ4v) is 7.29. The van der Waals surface area contributed by atoms with E-state index in [2.05, 4.69) is 48.3 Å². The Balaban J connectivity index is 1.41. The highest BCUT2D eigenvalue weighted by molar-refractivity contribution is 7.92. The first kappa shape index (κ1) is 24.1. The molecule has 0 aromatic heterocycles. The van der Waals surface area contributed by atoms with E-state index in [4.69, 9.17) is 4.74 Å². The molecule has 2 aliphatic rings. The highest BCUT2D eigenvalue weighted by Gasteiger charge is 2.30. The van der Waals surface area contributed by atoms with Crippen LogP contribution in [0.25, 0.3) is 0 Å². The van der Waals surface area contributed by atoms with Crippen LogP contribution in [0.4, 0.5) is 5.69 Å². The zero-order valence-corrected chi connectivity index (χ0v) is 21.3. The number of rotatable bonds is 9. The van der Waals surface area contributed by atoms with E-state index < -0.39 is 10.0 Å². The van der Waals surface area contributed by atoms with Gasteiger partial charge in [-0.15, -0.1) is 0 Å². The summed E-state index contributed by atoms with van der Waals surface area (Å²) in [5.74, 6) is 1.88. The summed E-state index contributed by atoms with van der Waals surface area (Å²) in [7, 11) is 0.695. The fraction of sp³-hybridized carbons (Fsp3) is 0.556. The number of methoxy groups -OCH3 is 1. The van der Waals surface area contributed by atoms with E-state index in [1.165, 1.54) is 29.5 Å². The smallest absolute Gasteiger partial charge is 0.235 e. The molecule has 2 aromatic rings. The second-order valence-corrected chi connectivity index (χ2v) is 12.0. The molecule has 1 unspecified atom stereocenters. The molecular weight excluding hydrogens is 432 g/mol. The molecule has 0 fully saturated rings. The van der Waals surface area contributed by atoms with Crippen molar-refractivity contribution in [1.82, 2.24) is 4.90 Å². The van der Waals surface area contributed by atoms with Gasteiger partial charge < -0.3 is 9.64 Å². The highest BCUT2D eigenvalue weighted by Crippen LogP contribution is 2.37. The molecule has 0 saturated carbocycles. The van der Waals surface area contributed by atoms with Crippen LogP contribution >= 0.6 is 0 Å². The van der Waals surface area contributed by atoms with Gasteiger partial charge >= 0.3 is 0 Å². The fourth-order valence-electron chi connectivity index (χ4n) is 5.43. The molecule has 0 amide bonds. The second kappa shape index (κ2) is 10.1. The molecule has 5 nitrogen and oxygen atoms in total. The Hall–Kier alpha value is -2.05. The van der Waals surface area contributed by atoms with Crippen LogP contribution in [0, 0.1) is 5.92 Å². The molecule has 1 atom stereocenters. The van der Waals surface area contributed by atoms with Crippen molar-refractivity contribution in [3.05, 3.63) is 58.7 Å². The molecule has 1 heterocycles. The lowest BCUT2D eigenvalue weighted by Crippen LogP contribution is -2.33. The Morgan fingerprint density at radius 3 is 2.76 bits per heavy atom. The van der Waals surface area contributed by atoms with Crippen molar-refractivity contribution < 1.29 is 13.2 Å². The molecule has 0 radical (unpaired) electrons. The normalized spacial score (nSPS) is 18.0. The van der Waals surface area contributed by atoms with Crippen molar-refractivity contribution in [3.8, 4) is 5.75 Å². The molecule has 4 rings (SSSR count). The first-order valence-corrected chi connectivity index (χ1v) is 13.9. The third-order valence-electron chi connectivity index (χ3n) is 7.01. The summed E-state index contributed by atoms with van der Waals surface area (Å²) in [6.07, 6.45) is 5.24. The minimum Gasteiger partial charge on any atom is -0.496 e. The molecule has 33 heavy (non-hydrogen) atoms. The van der Waals surface area contributed by atoms with Gasteiger partial charge in [0.15, 0.2) is 0 Å². The maximum atomic E-state index is 12.9. The third-order valence-corrected chi connectivity index (χ3v) is 9.14. The minimum absolute atomic E-state index is 0.126. The summed E-state index contributed by atoms with van der Waals surface area (Å²) < 4.78 is 33.0. The predicted molar refractivity (Wildman–Crippen MR) is 136 cm³/mol. The molecule has 0 saturated heterocycles. The van der Waals surface area contributed by atoms with Crippen molar-refractivity contribution in [3.63, 3.8) is 0 Å². The van der Waals surface area contributed by atoms with E-state index in [-0.39, 0.29) is 11.7 Å². The van der Waals surface area contributed by atoms with Crippen molar-refractivity contribution >= 4 is 15.7 Å². The Kier molecular flexibility index (Phi) is 7.34. The van der Waals surface area contributed by atoms with Gasteiger partial charge in [-0.3, -0.25) is 4.31 Å². The van der Waals surface area contributed by atoms with Gasteiger partial charge in [0.05, 0.1) is 18.6 Å². The zero-order chi connectivity index (χ0) is 23.6. The maximum absolute atomic E-state index is 12.9. The number of anilines is 1. The van der Waals surface area contributed by atoms with E-state index in [1.807, 2.05) is 13.8 Å². The summed E-state index contributed by atoms with van der Waals surface area (Å²) in [6.45, 7) is 6.47.